The minimum atomic E-state index is -0.466. The lowest BCUT2D eigenvalue weighted by Crippen LogP contribution is -2.28. The van der Waals surface area contributed by atoms with Crippen molar-refractivity contribution in [1.82, 2.24) is 4.57 Å². The first-order valence-corrected chi connectivity index (χ1v) is 22.5. The van der Waals surface area contributed by atoms with E-state index in [0.717, 1.165) is 22.7 Å². The maximum absolute atomic E-state index is 2.44. The number of fused-ring (bicyclic) bond motifs is 9. The molecule has 0 fully saturated rings. The molecular weight excluding hydrogens is 785 g/mol. The normalized spacial score (nSPS) is 12.7. The van der Waals surface area contributed by atoms with Crippen molar-refractivity contribution in [3.05, 3.63) is 277 Å². The van der Waals surface area contributed by atoms with Gasteiger partial charge in [-0.3, -0.25) is 0 Å². The van der Waals surface area contributed by atoms with Gasteiger partial charge in [-0.25, -0.2) is 0 Å². The van der Waals surface area contributed by atoms with Crippen molar-refractivity contribution in [2.75, 3.05) is 4.90 Å². The average Bonchev–Trinajstić information content (AvgIpc) is 3.88. The van der Waals surface area contributed by atoms with Gasteiger partial charge in [-0.2, -0.15) is 0 Å². The SMILES string of the molecule is c1ccc(C2(c3ccc(N(c4ccc(-c5ccc(-n6c7ccccc7c7ccccc76)cc5)cc4)c4cc5ccccc5c5ccccc45)cc3)c3ccccc3-c3ccccc32)cc1. The molecule has 0 unspecified atom stereocenters. The van der Waals surface area contributed by atoms with E-state index in [2.05, 4.69) is 264 Å². The van der Waals surface area contributed by atoms with Crippen LogP contribution in [0.3, 0.4) is 0 Å². The van der Waals surface area contributed by atoms with Crippen molar-refractivity contribution in [2.24, 2.45) is 0 Å². The molecule has 0 aliphatic heterocycles. The summed E-state index contributed by atoms with van der Waals surface area (Å²) in [6.07, 6.45) is 0. The van der Waals surface area contributed by atoms with E-state index in [0.29, 0.717) is 0 Å². The second kappa shape index (κ2) is 14.8. The predicted octanol–water partition coefficient (Wildman–Crippen LogP) is 16.6. The molecule has 0 atom stereocenters. The second-order valence-corrected chi connectivity index (χ2v) is 17.2. The van der Waals surface area contributed by atoms with Gasteiger partial charge in [-0.05, 0) is 115 Å². The van der Waals surface area contributed by atoms with Crippen LogP contribution in [0.4, 0.5) is 17.1 Å². The lowest BCUT2D eigenvalue weighted by molar-refractivity contribution is 0.768. The molecule has 0 radical (unpaired) electrons. The Labute approximate surface area is 378 Å². The summed E-state index contributed by atoms with van der Waals surface area (Å²) in [7, 11) is 0. The lowest BCUT2D eigenvalue weighted by Gasteiger charge is -2.34. The topological polar surface area (TPSA) is 8.17 Å². The number of rotatable bonds is 7. The van der Waals surface area contributed by atoms with E-state index >= 15 is 0 Å². The van der Waals surface area contributed by atoms with Crippen LogP contribution >= 0.6 is 0 Å². The fourth-order valence-corrected chi connectivity index (χ4v) is 11.0. The Hall–Kier alpha value is -8.46. The van der Waals surface area contributed by atoms with Crippen molar-refractivity contribution in [3.63, 3.8) is 0 Å². The van der Waals surface area contributed by atoms with E-state index in [9.17, 15) is 0 Å². The van der Waals surface area contributed by atoms with Gasteiger partial charge in [0, 0.05) is 33.2 Å². The van der Waals surface area contributed by atoms with Gasteiger partial charge in [0.2, 0.25) is 0 Å². The van der Waals surface area contributed by atoms with Crippen molar-refractivity contribution in [1.29, 1.82) is 0 Å². The van der Waals surface area contributed by atoms with E-state index in [1.54, 1.807) is 0 Å². The van der Waals surface area contributed by atoms with Crippen LogP contribution in [0.2, 0.25) is 0 Å². The summed E-state index contributed by atoms with van der Waals surface area (Å²) in [6.45, 7) is 0. The number of para-hydroxylation sites is 2. The number of anilines is 3. The van der Waals surface area contributed by atoms with Crippen molar-refractivity contribution < 1.29 is 0 Å². The molecule has 0 saturated heterocycles. The lowest BCUT2D eigenvalue weighted by atomic mass is 9.68. The molecule has 1 aromatic heterocycles. The first-order chi connectivity index (χ1) is 32.3. The van der Waals surface area contributed by atoms with Crippen LogP contribution in [0.15, 0.2) is 255 Å². The fraction of sp³-hybridized carbons (Fsp3) is 0.0159. The number of benzene rings is 11. The first kappa shape index (κ1) is 37.1. The van der Waals surface area contributed by atoms with E-state index in [1.807, 2.05) is 0 Å². The molecule has 0 bridgehead atoms. The molecule has 65 heavy (non-hydrogen) atoms. The van der Waals surface area contributed by atoms with Crippen LogP contribution in [0, 0.1) is 0 Å². The fourth-order valence-electron chi connectivity index (χ4n) is 11.0. The van der Waals surface area contributed by atoms with Crippen molar-refractivity contribution in [3.8, 4) is 27.9 Å². The molecular formula is C63H42N2. The Balaban J connectivity index is 0.945. The smallest absolute Gasteiger partial charge is 0.0713 e. The molecule has 0 N–H and O–H groups in total. The van der Waals surface area contributed by atoms with Gasteiger partial charge < -0.3 is 9.47 Å². The molecule has 1 heterocycles. The summed E-state index contributed by atoms with van der Waals surface area (Å²) >= 11 is 0. The van der Waals surface area contributed by atoms with Crippen LogP contribution in [0.1, 0.15) is 22.3 Å². The third-order valence-corrected chi connectivity index (χ3v) is 13.9. The van der Waals surface area contributed by atoms with Crippen LogP contribution in [-0.2, 0) is 5.41 Å². The number of aromatic nitrogens is 1. The zero-order valence-electron chi connectivity index (χ0n) is 35.6. The highest BCUT2D eigenvalue weighted by atomic mass is 15.1. The molecule has 0 spiro atoms. The molecule has 1 aliphatic carbocycles. The molecule has 13 rings (SSSR count). The molecule has 11 aromatic carbocycles. The van der Waals surface area contributed by atoms with Crippen molar-refractivity contribution >= 4 is 60.4 Å². The molecule has 0 amide bonds. The summed E-state index contributed by atoms with van der Waals surface area (Å²) in [4.78, 5) is 2.44. The molecule has 0 saturated carbocycles. The zero-order chi connectivity index (χ0) is 42.9. The standard InChI is InChI=1S/C63H42N2/c1-2-17-46(18-3-1)63(58-26-12-8-21-53(58)54-22-9-13-27-59(54)63)47-34-40-49(41-35-47)64(62-42-45-16-4-5-19-51(45)52-20-6-7-23-55(52)62)48-36-30-43(31-37-48)44-32-38-50(39-33-44)65-60-28-14-10-24-56(60)57-25-11-15-29-61(57)65/h1-42H. The summed E-state index contributed by atoms with van der Waals surface area (Å²) in [5, 5.41) is 7.45. The zero-order valence-corrected chi connectivity index (χ0v) is 35.6. The van der Waals surface area contributed by atoms with Crippen LogP contribution in [0.5, 0.6) is 0 Å². The van der Waals surface area contributed by atoms with Crippen LogP contribution in [0.25, 0.3) is 71.3 Å². The Bertz CT molecular complexity index is 3650. The summed E-state index contributed by atoms with van der Waals surface area (Å²) < 4.78 is 2.38. The number of hydrogen-bond donors (Lipinski definition) is 0. The average molecular weight is 827 g/mol. The quantitative estimate of drug-likeness (QED) is 0.145. The van der Waals surface area contributed by atoms with Crippen molar-refractivity contribution in [2.45, 2.75) is 5.41 Å². The first-order valence-electron chi connectivity index (χ1n) is 22.5. The molecule has 2 nitrogen and oxygen atoms in total. The third-order valence-electron chi connectivity index (χ3n) is 13.9. The minimum absolute atomic E-state index is 0.466. The number of nitrogens with zero attached hydrogens (tertiary/aromatic N) is 2. The van der Waals surface area contributed by atoms with E-state index in [1.165, 1.54) is 87.9 Å². The van der Waals surface area contributed by atoms with E-state index in [4.69, 9.17) is 0 Å². The van der Waals surface area contributed by atoms with Gasteiger partial charge in [-0.1, -0.05) is 200 Å². The van der Waals surface area contributed by atoms with Gasteiger partial charge in [0.15, 0.2) is 0 Å². The maximum atomic E-state index is 2.44. The van der Waals surface area contributed by atoms with E-state index < -0.39 is 5.41 Å². The summed E-state index contributed by atoms with van der Waals surface area (Å²) in [6, 6.07) is 93.8. The van der Waals surface area contributed by atoms with Crippen LogP contribution < -0.4 is 4.90 Å². The molecule has 12 aromatic rings. The Morgan fingerprint density at radius 1 is 0.323 bits per heavy atom. The Kier molecular flexibility index (Phi) is 8.47. The second-order valence-electron chi connectivity index (χ2n) is 17.2. The van der Waals surface area contributed by atoms with Crippen LogP contribution in [-0.4, -0.2) is 4.57 Å². The highest BCUT2D eigenvalue weighted by Gasteiger charge is 2.45. The van der Waals surface area contributed by atoms with Gasteiger partial charge in [0.25, 0.3) is 0 Å². The molecule has 2 heteroatoms. The van der Waals surface area contributed by atoms with Gasteiger partial charge in [-0.15, -0.1) is 0 Å². The minimum Gasteiger partial charge on any atom is -0.310 e. The van der Waals surface area contributed by atoms with E-state index in [-0.39, 0.29) is 0 Å². The maximum Gasteiger partial charge on any atom is 0.0713 e. The Morgan fingerprint density at radius 3 is 1.38 bits per heavy atom. The summed E-state index contributed by atoms with van der Waals surface area (Å²) in [5.74, 6) is 0. The van der Waals surface area contributed by atoms with Gasteiger partial charge in [0.05, 0.1) is 22.1 Å². The largest absolute Gasteiger partial charge is 0.310 e. The summed E-state index contributed by atoms with van der Waals surface area (Å²) in [5.41, 5.74) is 16.5. The molecule has 1 aliphatic rings. The number of hydrogen-bond acceptors (Lipinski definition) is 1. The van der Waals surface area contributed by atoms with Gasteiger partial charge >= 0.3 is 0 Å². The highest BCUT2D eigenvalue weighted by molar-refractivity contribution is 6.14. The molecule has 304 valence electrons. The third kappa shape index (κ3) is 5.67. The van der Waals surface area contributed by atoms with Gasteiger partial charge in [0.1, 0.15) is 0 Å². The predicted molar refractivity (Wildman–Crippen MR) is 273 cm³/mol. The Morgan fingerprint density at radius 2 is 0.769 bits per heavy atom. The monoisotopic (exact) mass is 826 g/mol. The highest BCUT2D eigenvalue weighted by Crippen LogP contribution is 2.56.